The van der Waals surface area contributed by atoms with E-state index < -0.39 is 0 Å². The molecule has 2 aromatic carbocycles. The first-order chi connectivity index (χ1) is 15.3. The van der Waals surface area contributed by atoms with Gasteiger partial charge in [-0.05, 0) is 50.9 Å². The number of aromatic nitrogens is 1. The lowest BCUT2D eigenvalue weighted by molar-refractivity contribution is 0.0989. The Morgan fingerprint density at radius 2 is 1.69 bits per heavy atom. The Labute approximate surface area is 189 Å². The topological polar surface area (TPSA) is 64.6 Å². The van der Waals surface area contributed by atoms with Crippen LogP contribution in [0, 0.1) is 0 Å². The molecule has 2 N–H and O–H groups in total. The highest BCUT2D eigenvalue weighted by Gasteiger charge is 2.42. The minimum absolute atomic E-state index is 0.0503. The molecule has 2 atom stereocenters. The second-order valence-corrected chi connectivity index (χ2v) is 10.0. The molecule has 2 unspecified atom stereocenters. The maximum Gasteiger partial charge on any atom is 0.436 e. The maximum absolute atomic E-state index is 6.64. The zero-order valence-corrected chi connectivity index (χ0v) is 19.1. The fourth-order valence-corrected chi connectivity index (χ4v) is 4.35. The summed E-state index contributed by atoms with van der Waals surface area (Å²) < 4.78 is 18.8. The lowest BCUT2D eigenvalue weighted by atomic mass is 9.58. The largest absolute Gasteiger partial charge is 0.551 e. The predicted octanol–water partition coefficient (Wildman–Crippen LogP) is 3.17. The molecule has 32 heavy (non-hydrogen) atoms. The summed E-state index contributed by atoms with van der Waals surface area (Å²) >= 11 is 0. The van der Waals surface area contributed by atoms with Crippen LogP contribution in [0.25, 0.3) is 10.9 Å². The molecule has 5 rings (SSSR count). The zero-order valence-electron chi connectivity index (χ0n) is 19.1. The lowest BCUT2D eigenvalue weighted by Crippen LogP contribution is -2.55. The quantitative estimate of drug-likeness (QED) is 0.606. The Morgan fingerprint density at radius 1 is 0.938 bits per heavy atom. The van der Waals surface area contributed by atoms with Crippen LogP contribution in [0.5, 0.6) is 5.75 Å². The van der Waals surface area contributed by atoms with Gasteiger partial charge in [-0.3, -0.25) is 15.6 Å². The standard InChI is InChI=1S/C25H30BN3O3/c1-24(2)15-30-22(28-24)18-9-5-11-19(14-18)26(23-29-25(3,4)16-31-23)32-20-12-6-8-17-10-7-13-27-21(17)20/h5-14,22-23,28-29H,15-16H2,1-4H3. The van der Waals surface area contributed by atoms with Crippen molar-refractivity contribution in [1.29, 1.82) is 0 Å². The second kappa shape index (κ2) is 8.16. The lowest BCUT2D eigenvalue weighted by Gasteiger charge is -2.25. The van der Waals surface area contributed by atoms with Gasteiger partial charge in [-0.2, -0.15) is 0 Å². The normalized spacial score (nSPS) is 24.0. The van der Waals surface area contributed by atoms with Gasteiger partial charge < -0.3 is 14.1 Å². The van der Waals surface area contributed by atoms with E-state index in [-0.39, 0.29) is 30.3 Å². The number of nitrogens with one attached hydrogen (secondary N) is 2. The van der Waals surface area contributed by atoms with Crippen molar-refractivity contribution in [2.75, 3.05) is 13.2 Å². The molecule has 0 spiro atoms. The molecular weight excluding hydrogens is 401 g/mol. The number of hydrogen-bond donors (Lipinski definition) is 2. The summed E-state index contributed by atoms with van der Waals surface area (Å²) in [6, 6.07) is 18.4. The van der Waals surface area contributed by atoms with Gasteiger partial charge >= 0.3 is 6.92 Å². The van der Waals surface area contributed by atoms with Crippen molar-refractivity contribution in [2.45, 2.75) is 51.1 Å². The highest BCUT2D eigenvalue weighted by molar-refractivity contribution is 6.69. The van der Waals surface area contributed by atoms with Gasteiger partial charge in [-0.1, -0.05) is 42.5 Å². The summed E-state index contributed by atoms with van der Waals surface area (Å²) in [7, 11) is 0. The van der Waals surface area contributed by atoms with Crippen LogP contribution < -0.4 is 20.8 Å². The van der Waals surface area contributed by atoms with E-state index in [2.05, 4.69) is 67.6 Å². The molecule has 0 amide bonds. The van der Waals surface area contributed by atoms with Gasteiger partial charge in [0.1, 0.15) is 23.6 Å². The third-order valence-corrected chi connectivity index (χ3v) is 5.96. The molecule has 1 aromatic heterocycles. The van der Waals surface area contributed by atoms with Gasteiger partial charge in [-0.25, -0.2) is 0 Å². The highest BCUT2D eigenvalue weighted by Crippen LogP contribution is 2.27. The molecule has 0 saturated carbocycles. The van der Waals surface area contributed by atoms with E-state index in [4.69, 9.17) is 14.1 Å². The molecule has 2 aliphatic heterocycles. The summed E-state index contributed by atoms with van der Waals surface area (Å²) in [5.41, 5.74) is 2.78. The average molecular weight is 431 g/mol. The third kappa shape index (κ3) is 4.39. The molecule has 0 radical (unpaired) electrons. The van der Waals surface area contributed by atoms with Crippen molar-refractivity contribution in [3.8, 4) is 5.75 Å². The monoisotopic (exact) mass is 431 g/mol. The number of nitrogens with zero attached hydrogens (tertiary/aromatic N) is 1. The van der Waals surface area contributed by atoms with Crippen LogP contribution in [0.4, 0.5) is 0 Å². The Morgan fingerprint density at radius 3 is 2.44 bits per heavy atom. The highest BCUT2D eigenvalue weighted by atomic mass is 16.5. The molecule has 2 saturated heterocycles. The smallest absolute Gasteiger partial charge is 0.436 e. The van der Waals surface area contributed by atoms with Gasteiger partial charge in [-0.15, -0.1) is 0 Å². The molecule has 0 aliphatic carbocycles. The Kier molecular flexibility index (Phi) is 5.46. The molecule has 0 bridgehead atoms. The summed E-state index contributed by atoms with van der Waals surface area (Å²) in [6.45, 7) is 9.51. The van der Waals surface area contributed by atoms with Crippen molar-refractivity contribution < 1.29 is 14.1 Å². The SMILES string of the molecule is CC1(C)COC(B(Oc2cccc3cccnc23)c2cccc(C3NC(C)(C)CO3)c2)N1. The van der Waals surface area contributed by atoms with E-state index in [1.807, 2.05) is 30.3 Å². The number of pyridine rings is 1. The molecule has 2 aliphatic rings. The fourth-order valence-electron chi connectivity index (χ4n) is 4.35. The molecule has 2 fully saturated rings. The van der Waals surface area contributed by atoms with Crippen molar-refractivity contribution >= 4 is 23.3 Å². The van der Waals surface area contributed by atoms with Crippen molar-refractivity contribution in [2.24, 2.45) is 0 Å². The van der Waals surface area contributed by atoms with Crippen LogP contribution in [0.15, 0.2) is 60.8 Å². The van der Waals surface area contributed by atoms with E-state index in [1.54, 1.807) is 6.20 Å². The summed E-state index contributed by atoms with van der Waals surface area (Å²) in [6.07, 6.45) is 1.37. The predicted molar refractivity (Wildman–Crippen MR) is 127 cm³/mol. The number of fused-ring (bicyclic) bond motifs is 1. The van der Waals surface area contributed by atoms with E-state index in [1.165, 1.54) is 0 Å². The number of rotatable bonds is 5. The van der Waals surface area contributed by atoms with Crippen LogP contribution in [-0.4, -0.2) is 42.3 Å². The van der Waals surface area contributed by atoms with E-state index in [0.717, 1.165) is 27.7 Å². The number of para-hydroxylation sites is 1. The van der Waals surface area contributed by atoms with Gasteiger partial charge in [0.15, 0.2) is 0 Å². The van der Waals surface area contributed by atoms with Gasteiger partial charge in [0.25, 0.3) is 0 Å². The minimum Gasteiger partial charge on any atom is -0.551 e. The van der Waals surface area contributed by atoms with Gasteiger partial charge in [0.05, 0.1) is 13.2 Å². The number of hydrogen-bond acceptors (Lipinski definition) is 6. The van der Waals surface area contributed by atoms with Crippen molar-refractivity contribution in [3.05, 3.63) is 66.4 Å². The molecule has 166 valence electrons. The van der Waals surface area contributed by atoms with Crippen LogP contribution in [0.1, 0.15) is 39.5 Å². The first kappa shape index (κ1) is 21.4. The zero-order chi connectivity index (χ0) is 22.3. The first-order valence-corrected chi connectivity index (χ1v) is 11.2. The minimum atomic E-state index is -0.348. The summed E-state index contributed by atoms with van der Waals surface area (Å²) in [5, 5.41) is 8.18. The van der Waals surface area contributed by atoms with E-state index in [0.29, 0.717) is 13.2 Å². The van der Waals surface area contributed by atoms with Crippen molar-refractivity contribution in [3.63, 3.8) is 0 Å². The van der Waals surface area contributed by atoms with E-state index in [9.17, 15) is 0 Å². The van der Waals surface area contributed by atoms with Crippen LogP contribution in [0.3, 0.4) is 0 Å². The molecule has 6 nitrogen and oxygen atoms in total. The number of ether oxygens (including phenoxy) is 2. The van der Waals surface area contributed by atoms with E-state index >= 15 is 0 Å². The van der Waals surface area contributed by atoms with Gasteiger partial charge in [0.2, 0.25) is 0 Å². The molecular formula is C25H30BN3O3. The molecule has 7 heteroatoms. The van der Waals surface area contributed by atoms with Crippen molar-refractivity contribution in [1.82, 2.24) is 15.6 Å². The number of benzene rings is 2. The molecule has 3 aromatic rings. The maximum atomic E-state index is 6.64. The summed E-state index contributed by atoms with van der Waals surface area (Å²) in [5.74, 6) is 0.741. The fraction of sp³-hybridized carbons (Fsp3) is 0.400. The Balaban J connectivity index is 1.50. The Bertz CT molecular complexity index is 1120. The summed E-state index contributed by atoms with van der Waals surface area (Å²) in [4.78, 5) is 4.56. The van der Waals surface area contributed by atoms with Crippen LogP contribution >= 0.6 is 0 Å². The van der Waals surface area contributed by atoms with Crippen LogP contribution in [-0.2, 0) is 9.47 Å². The third-order valence-electron chi connectivity index (χ3n) is 5.96. The Hall–Kier alpha value is -2.45. The van der Waals surface area contributed by atoms with Gasteiger partial charge in [0, 0.05) is 22.7 Å². The van der Waals surface area contributed by atoms with Crippen LogP contribution in [0.2, 0.25) is 0 Å². The average Bonchev–Trinajstić information content (AvgIpc) is 3.33. The first-order valence-electron chi connectivity index (χ1n) is 11.2. The molecule has 3 heterocycles. The second-order valence-electron chi connectivity index (χ2n) is 10.0.